The van der Waals surface area contributed by atoms with E-state index < -0.39 is 5.54 Å². The Morgan fingerprint density at radius 3 is 2.03 bits per heavy atom. The predicted octanol–water partition coefficient (Wildman–Crippen LogP) is 3.73. The second kappa shape index (κ2) is 8.56. The first kappa shape index (κ1) is 23.5. The van der Waals surface area contributed by atoms with E-state index in [9.17, 15) is 9.59 Å². The highest BCUT2D eigenvalue weighted by Gasteiger charge is 2.49. The molecule has 2 aromatic rings. The lowest BCUT2D eigenvalue weighted by Gasteiger charge is -2.49. The minimum absolute atomic E-state index is 0.219. The summed E-state index contributed by atoms with van der Waals surface area (Å²) in [6.45, 7) is 10.2. The molecule has 0 spiro atoms. The zero-order valence-corrected chi connectivity index (χ0v) is 19.3. The minimum Gasteiger partial charge on any atom is -0.377 e. The molecule has 2 amide bonds. The van der Waals surface area contributed by atoms with Gasteiger partial charge in [-0.25, -0.2) is 0 Å². The molecule has 0 aromatic heterocycles. The number of aldehydes is 1. The maximum atomic E-state index is 13.5. The summed E-state index contributed by atoms with van der Waals surface area (Å²) in [5.41, 5.74) is 1.23. The highest BCUT2D eigenvalue weighted by Crippen LogP contribution is 2.42. The van der Waals surface area contributed by atoms with Crippen molar-refractivity contribution in [3.63, 3.8) is 0 Å². The van der Waals surface area contributed by atoms with Crippen molar-refractivity contribution in [3.05, 3.63) is 41.5 Å². The minimum atomic E-state index is -0.662. The molecule has 0 saturated carbocycles. The Kier molecular flexibility index (Phi) is 6.72. The average Bonchev–Trinajstić information content (AvgIpc) is 2.65. The van der Waals surface area contributed by atoms with Gasteiger partial charge in [-0.05, 0) is 46.0 Å². The third kappa shape index (κ3) is 3.72. The molecule has 0 fully saturated rings. The van der Waals surface area contributed by atoms with Gasteiger partial charge in [0, 0.05) is 53.6 Å². The van der Waals surface area contributed by atoms with Crippen molar-refractivity contribution < 1.29 is 14.4 Å². The maximum absolute atomic E-state index is 13.5. The first-order valence-electron chi connectivity index (χ1n) is 10.1. The molecule has 1 aliphatic rings. The van der Waals surface area contributed by atoms with Crippen LogP contribution in [0.15, 0.2) is 30.3 Å². The van der Waals surface area contributed by atoms with Crippen LogP contribution in [0.4, 0.5) is 5.69 Å². The largest absolute Gasteiger partial charge is 0.377 e. The number of carbonyl (C=O) groups excluding carboxylic acids is 3. The van der Waals surface area contributed by atoms with Gasteiger partial charge in [0.2, 0.25) is 0 Å². The van der Waals surface area contributed by atoms with Crippen molar-refractivity contribution in [2.24, 2.45) is 5.41 Å². The average molecular weight is 412 g/mol. The Bertz CT molecular complexity index is 955. The fourth-order valence-electron chi connectivity index (χ4n) is 3.94. The number of nitrogens with one attached hydrogen (secondary N) is 1. The summed E-state index contributed by atoms with van der Waals surface area (Å²) in [5, 5.41) is 4.88. The Morgan fingerprint density at radius 1 is 1.00 bits per heavy atom. The van der Waals surface area contributed by atoms with E-state index in [1.54, 1.807) is 0 Å². The zero-order chi connectivity index (χ0) is 22.9. The standard InChI is InChI=1S/C22H29N3O2.C2H4O/c1-21(2,13-23-5)22(3,4)25-19(26)15-10-8-9-14-17(24(6)7)12-11-16(18(14)15)20(25)27;1-2-3/h8-12,23H,13H2,1-7H3;2H,1H3. The topological polar surface area (TPSA) is 69.7 Å². The van der Waals surface area contributed by atoms with E-state index in [0.29, 0.717) is 17.7 Å². The van der Waals surface area contributed by atoms with Gasteiger partial charge >= 0.3 is 0 Å². The molecule has 0 saturated heterocycles. The molecule has 1 N–H and O–H groups in total. The second-order valence-corrected chi connectivity index (χ2v) is 8.91. The van der Waals surface area contributed by atoms with Crippen molar-refractivity contribution in [1.29, 1.82) is 0 Å². The third-order valence-corrected chi connectivity index (χ3v) is 6.20. The van der Waals surface area contributed by atoms with Crippen LogP contribution in [0.5, 0.6) is 0 Å². The molecule has 162 valence electrons. The van der Waals surface area contributed by atoms with Crippen LogP contribution in [-0.2, 0) is 4.79 Å². The van der Waals surface area contributed by atoms with Crippen LogP contribution in [0.1, 0.15) is 55.3 Å². The van der Waals surface area contributed by atoms with Crippen molar-refractivity contribution >= 4 is 34.6 Å². The molecule has 0 atom stereocenters. The summed E-state index contributed by atoms with van der Waals surface area (Å²) in [4.78, 5) is 39.2. The number of benzene rings is 2. The van der Waals surface area contributed by atoms with Gasteiger partial charge in [-0.2, -0.15) is 0 Å². The molecule has 3 rings (SSSR count). The van der Waals surface area contributed by atoms with E-state index >= 15 is 0 Å². The quantitative estimate of drug-likeness (QED) is 0.600. The Balaban J connectivity index is 0.00000101. The normalized spacial score (nSPS) is 13.8. The smallest absolute Gasteiger partial charge is 0.261 e. The lowest BCUT2D eigenvalue weighted by atomic mass is 9.72. The first-order chi connectivity index (χ1) is 14.0. The number of rotatable bonds is 5. The molecular weight excluding hydrogens is 378 g/mol. The number of nitrogens with zero attached hydrogens (tertiary/aromatic N) is 2. The summed E-state index contributed by atoms with van der Waals surface area (Å²) >= 11 is 0. The van der Waals surface area contributed by atoms with Gasteiger partial charge in [0.1, 0.15) is 6.29 Å². The van der Waals surface area contributed by atoms with Crippen molar-refractivity contribution in [3.8, 4) is 0 Å². The molecule has 6 nitrogen and oxygen atoms in total. The SMILES string of the molecule is CC=O.CNCC(C)(C)C(C)(C)N1C(=O)c2cccc3c(N(C)C)ccc(c23)C1=O. The molecule has 2 aromatic carbocycles. The van der Waals surface area contributed by atoms with Crippen LogP contribution in [0.2, 0.25) is 0 Å². The van der Waals surface area contributed by atoms with E-state index in [1.165, 1.54) is 11.8 Å². The molecule has 1 aliphatic heterocycles. The van der Waals surface area contributed by atoms with Crippen LogP contribution in [0.25, 0.3) is 10.8 Å². The van der Waals surface area contributed by atoms with Gasteiger partial charge in [0.05, 0.1) is 5.54 Å². The Labute approximate surface area is 179 Å². The number of imide groups is 1. The number of amides is 2. The van der Waals surface area contributed by atoms with Gasteiger partial charge in [-0.1, -0.05) is 26.0 Å². The fourth-order valence-corrected chi connectivity index (χ4v) is 3.94. The Morgan fingerprint density at radius 2 is 1.53 bits per heavy atom. The summed E-state index contributed by atoms with van der Waals surface area (Å²) in [7, 11) is 5.81. The van der Waals surface area contributed by atoms with Crippen LogP contribution in [0.3, 0.4) is 0 Å². The Hall–Kier alpha value is -2.73. The van der Waals surface area contributed by atoms with E-state index in [2.05, 4.69) is 19.2 Å². The van der Waals surface area contributed by atoms with E-state index in [4.69, 9.17) is 4.79 Å². The van der Waals surface area contributed by atoms with E-state index in [0.717, 1.165) is 22.7 Å². The number of hydrogen-bond donors (Lipinski definition) is 1. The highest BCUT2D eigenvalue weighted by atomic mass is 16.2. The molecule has 6 heteroatoms. The molecule has 1 heterocycles. The molecule has 0 unspecified atom stereocenters. The number of anilines is 1. The van der Waals surface area contributed by atoms with Crippen LogP contribution in [-0.4, -0.2) is 56.2 Å². The van der Waals surface area contributed by atoms with Gasteiger partial charge < -0.3 is 15.0 Å². The summed E-state index contributed by atoms with van der Waals surface area (Å²) in [6.07, 6.45) is 0.750. The lowest BCUT2D eigenvalue weighted by molar-refractivity contribution is -0.106. The molecule has 0 aliphatic carbocycles. The zero-order valence-electron chi connectivity index (χ0n) is 19.3. The van der Waals surface area contributed by atoms with E-state index in [1.807, 2.05) is 70.2 Å². The highest BCUT2D eigenvalue weighted by molar-refractivity contribution is 6.27. The molecule has 0 bridgehead atoms. The number of carbonyl (C=O) groups is 3. The third-order valence-electron chi connectivity index (χ3n) is 6.20. The van der Waals surface area contributed by atoms with Gasteiger partial charge in [0.25, 0.3) is 11.8 Å². The monoisotopic (exact) mass is 411 g/mol. The predicted molar refractivity (Wildman–Crippen MR) is 122 cm³/mol. The molecule has 0 radical (unpaired) electrons. The summed E-state index contributed by atoms with van der Waals surface area (Å²) in [5.74, 6) is -0.439. The fraction of sp³-hybridized carbons (Fsp3) is 0.458. The van der Waals surface area contributed by atoms with E-state index in [-0.39, 0.29) is 17.2 Å². The van der Waals surface area contributed by atoms with Gasteiger partial charge in [0.15, 0.2) is 0 Å². The maximum Gasteiger partial charge on any atom is 0.261 e. The summed E-state index contributed by atoms with van der Waals surface area (Å²) in [6, 6.07) is 9.51. The second-order valence-electron chi connectivity index (χ2n) is 8.91. The molecular formula is C24H33N3O3. The van der Waals surface area contributed by atoms with Crippen molar-refractivity contribution in [2.75, 3.05) is 32.6 Å². The van der Waals surface area contributed by atoms with Gasteiger partial charge in [-0.15, -0.1) is 0 Å². The van der Waals surface area contributed by atoms with Gasteiger partial charge in [-0.3, -0.25) is 14.5 Å². The van der Waals surface area contributed by atoms with Crippen LogP contribution < -0.4 is 10.2 Å². The molecule has 30 heavy (non-hydrogen) atoms. The summed E-state index contributed by atoms with van der Waals surface area (Å²) < 4.78 is 0. The number of hydrogen-bond acceptors (Lipinski definition) is 5. The first-order valence-corrected chi connectivity index (χ1v) is 10.1. The van der Waals surface area contributed by atoms with Crippen molar-refractivity contribution in [2.45, 2.75) is 40.2 Å². The van der Waals surface area contributed by atoms with Crippen LogP contribution >= 0.6 is 0 Å². The lowest BCUT2D eigenvalue weighted by Crippen LogP contribution is -2.61. The van der Waals surface area contributed by atoms with Crippen LogP contribution in [0, 0.1) is 5.41 Å². The van der Waals surface area contributed by atoms with Crippen molar-refractivity contribution in [1.82, 2.24) is 10.2 Å².